The van der Waals surface area contributed by atoms with E-state index in [1.807, 2.05) is 30.3 Å². The molecule has 0 radical (unpaired) electrons. The van der Waals surface area contributed by atoms with Crippen molar-refractivity contribution in [1.82, 2.24) is 5.48 Å². The van der Waals surface area contributed by atoms with Crippen molar-refractivity contribution in [2.45, 2.75) is 6.42 Å². The second-order valence-electron chi connectivity index (χ2n) is 3.37. The average Bonchev–Trinajstić information content (AvgIpc) is 2.42. The van der Waals surface area contributed by atoms with Crippen molar-refractivity contribution in [3.63, 3.8) is 0 Å². The largest absolute Gasteiger partial charge is 0.410 e. The molecule has 1 aromatic rings. The number of allylic oxidation sites excluding steroid dienone is 1. The predicted octanol–water partition coefficient (Wildman–Crippen LogP) is 0.995. The summed E-state index contributed by atoms with van der Waals surface area (Å²) < 4.78 is 0. The Kier molecular flexibility index (Phi) is 5.27. The number of benzene rings is 1. The van der Waals surface area contributed by atoms with Gasteiger partial charge in [-0.3, -0.25) is 14.8 Å². The van der Waals surface area contributed by atoms with Gasteiger partial charge in [0.1, 0.15) is 0 Å². The van der Waals surface area contributed by atoms with Gasteiger partial charge in [0.25, 0.3) is 5.91 Å². The van der Waals surface area contributed by atoms with Gasteiger partial charge in [0.15, 0.2) is 11.5 Å². The molecule has 0 unspecified atom stereocenters. The fourth-order valence-electron chi connectivity index (χ4n) is 1.20. The van der Waals surface area contributed by atoms with Gasteiger partial charge in [0.2, 0.25) is 0 Å². The number of nitrogens with one attached hydrogen (secondary N) is 1. The summed E-state index contributed by atoms with van der Waals surface area (Å²) in [6.07, 6.45) is 2.45. The third kappa shape index (κ3) is 4.18. The van der Waals surface area contributed by atoms with E-state index in [1.54, 1.807) is 6.08 Å². The highest BCUT2D eigenvalue weighted by atomic mass is 16.5. The molecular weight excluding hydrogens is 236 g/mol. The van der Waals surface area contributed by atoms with E-state index in [4.69, 9.17) is 10.4 Å². The zero-order valence-electron chi connectivity index (χ0n) is 9.41. The lowest BCUT2D eigenvalue weighted by atomic mass is 10.1. The summed E-state index contributed by atoms with van der Waals surface area (Å²) in [5.74, 6) is -1.44. The minimum absolute atomic E-state index is 0.397. The van der Waals surface area contributed by atoms with E-state index in [1.165, 1.54) is 11.6 Å². The first-order valence-electron chi connectivity index (χ1n) is 5.08. The summed E-state index contributed by atoms with van der Waals surface area (Å²) in [7, 11) is 0. The average molecular weight is 248 g/mol. The number of rotatable bonds is 5. The first-order chi connectivity index (χ1) is 8.67. The smallest absolute Gasteiger partial charge is 0.292 e. The van der Waals surface area contributed by atoms with Gasteiger partial charge >= 0.3 is 0 Å². The number of amides is 1. The molecule has 0 fully saturated rings. The molecule has 0 aliphatic carbocycles. The first-order valence-corrected chi connectivity index (χ1v) is 5.08. The summed E-state index contributed by atoms with van der Waals surface area (Å²) in [6.45, 7) is 0. The number of hydroxylamine groups is 1. The Labute approximate surface area is 103 Å². The van der Waals surface area contributed by atoms with Crippen molar-refractivity contribution in [3.05, 3.63) is 42.0 Å². The molecule has 6 nitrogen and oxygen atoms in total. The molecule has 0 spiro atoms. The van der Waals surface area contributed by atoms with Crippen molar-refractivity contribution in [2.75, 3.05) is 0 Å². The van der Waals surface area contributed by atoms with E-state index in [-0.39, 0.29) is 0 Å². The van der Waals surface area contributed by atoms with Crippen LogP contribution in [0.25, 0.3) is 6.08 Å². The summed E-state index contributed by atoms with van der Waals surface area (Å²) in [6, 6.07) is 9.12. The number of nitrogens with zero attached hydrogens (tertiary/aromatic N) is 1. The number of hydrogen-bond acceptors (Lipinski definition) is 5. The van der Waals surface area contributed by atoms with E-state index >= 15 is 0 Å². The van der Waals surface area contributed by atoms with Crippen LogP contribution in [0.4, 0.5) is 0 Å². The zero-order valence-corrected chi connectivity index (χ0v) is 9.41. The molecule has 0 aromatic heterocycles. The van der Waals surface area contributed by atoms with Crippen LogP contribution in [-0.4, -0.2) is 27.8 Å². The molecule has 1 rings (SSSR count). The normalized spacial score (nSPS) is 11.5. The molecule has 0 bridgehead atoms. The summed E-state index contributed by atoms with van der Waals surface area (Å²) in [4.78, 5) is 22.4. The quantitative estimate of drug-likeness (QED) is 0.238. The van der Waals surface area contributed by atoms with Crippen molar-refractivity contribution in [1.29, 1.82) is 0 Å². The number of carbonyl (C=O) groups is 2. The van der Waals surface area contributed by atoms with Gasteiger partial charge < -0.3 is 5.21 Å². The van der Waals surface area contributed by atoms with E-state index in [9.17, 15) is 9.59 Å². The molecule has 1 aromatic carbocycles. The zero-order chi connectivity index (χ0) is 13.4. The van der Waals surface area contributed by atoms with Gasteiger partial charge in [-0.1, -0.05) is 41.6 Å². The fourth-order valence-corrected chi connectivity index (χ4v) is 1.20. The lowest BCUT2D eigenvalue weighted by Crippen LogP contribution is -2.29. The second kappa shape index (κ2) is 6.97. The van der Waals surface area contributed by atoms with Crippen LogP contribution in [0.15, 0.2) is 41.6 Å². The maximum absolute atomic E-state index is 11.5. The van der Waals surface area contributed by atoms with Crippen LogP contribution in [0.5, 0.6) is 0 Å². The van der Waals surface area contributed by atoms with Gasteiger partial charge in [0, 0.05) is 0 Å². The molecular formula is C12H12N2O4. The maximum atomic E-state index is 11.5. The third-order valence-electron chi connectivity index (χ3n) is 2.09. The molecule has 0 saturated heterocycles. The Morgan fingerprint density at radius 3 is 2.50 bits per heavy atom. The van der Waals surface area contributed by atoms with E-state index in [2.05, 4.69) is 5.16 Å². The van der Waals surface area contributed by atoms with Crippen LogP contribution < -0.4 is 5.48 Å². The van der Waals surface area contributed by atoms with Crippen LogP contribution in [0.2, 0.25) is 0 Å². The van der Waals surface area contributed by atoms with Crippen molar-refractivity contribution >= 4 is 23.5 Å². The Bertz CT molecular complexity index is 480. The second-order valence-corrected chi connectivity index (χ2v) is 3.37. The number of oxime groups is 1. The van der Waals surface area contributed by atoms with Crippen LogP contribution in [0.1, 0.15) is 12.0 Å². The van der Waals surface area contributed by atoms with Crippen molar-refractivity contribution < 1.29 is 20.0 Å². The third-order valence-corrected chi connectivity index (χ3v) is 2.09. The SMILES string of the molecule is O=C(/C=C\c1ccccc1)C/C(=N/O)C(=O)NO. The van der Waals surface area contributed by atoms with Crippen LogP contribution in [0, 0.1) is 0 Å². The van der Waals surface area contributed by atoms with E-state index in [0.717, 1.165) is 5.56 Å². The maximum Gasteiger partial charge on any atom is 0.292 e. The molecule has 0 aliphatic heterocycles. The minimum atomic E-state index is -1.01. The topological polar surface area (TPSA) is 99.0 Å². The number of hydrogen-bond donors (Lipinski definition) is 3. The lowest BCUT2D eigenvalue weighted by Gasteiger charge is -1.98. The Balaban J connectivity index is 2.62. The summed E-state index contributed by atoms with van der Waals surface area (Å²) in [5, 5.41) is 19.5. The molecule has 0 aliphatic rings. The van der Waals surface area contributed by atoms with E-state index in [0.29, 0.717) is 0 Å². The number of ketones is 1. The van der Waals surface area contributed by atoms with E-state index < -0.39 is 23.8 Å². The predicted molar refractivity (Wildman–Crippen MR) is 64.3 cm³/mol. The molecule has 0 heterocycles. The Hall–Kier alpha value is -2.47. The molecule has 1 amide bonds. The highest BCUT2D eigenvalue weighted by molar-refractivity contribution is 6.42. The van der Waals surface area contributed by atoms with Gasteiger partial charge in [-0.25, -0.2) is 5.48 Å². The lowest BCUT2D eigenvalue weighted by molar-refractivity contribution is -0.123. The molecule has 0 saturated carbocycles. The molecule has 94 valence electrons. The van der Waals surface area contributed by atoms with Gasteiger partial charge in [-0.05, 0) is 11.6 Å². The first kappa shape index (κ1) is 13.6. The van der Waals surface area contributed by atoms with Crippen LogP contribution in [0.3, 0.4) is 0 Å². The van der Waals surface area contributed by atoms with Gasteiger partial charge in [0.05, 0.1) is 6.42 Å². The fraction of sp³-hybridized carbons (Fsp3) is 0.0833. The molecule has 0 atom stereocenters. The Morgan fingerprint density at radius 2 is 1.94 bits per heavy atom. The van der Waals surface area contributed by atoms with Crippen molar-refractivity contribution in [3.8, 4) is 0 Å². The summed E-state index contributed by atoms with van der Waals surface area (Å²) >= 11 is 0. The summed E-state index contributed by atoms with van der Waals surface area (Å²) in [5.41, 5.74) is 1.66. The standard InChI is InChI=1S/C12H12N2O4/c15-10(8-11(13-17)12(16)14-18)7-6-9-4-2-1-3-5-9/h1-7,17-18H,8H2,(H,14,16)/b7-6-,13-11-. The highest BCUT2D eigenvalue weighted by Gasteiger charge is 2.14. The van der Waals surface area contributed by atoms with Crippen LogP contribution >= 0.6 is 0 Å². The minimum Gasteiger partial charge on any atom is -0.410 e. The molecule has 6 heteroatoms. The highest BCUT2D eigenvalue weighted by Crippen LogP contribution is 2.02. The molecule has 18 heavy (non-hydrogen) atoms. The number of carbonyl (C=O) groups excluding carboxylic acids is 2. The Morgan fingerprint density at radius 1 is 1.28 bits per heavy atom. The van der Waals surface area contributed by atoms with Crippen LogP contribution in [-0.2, 0) is 9.59 Å². The van der Waals surface area contributed by atoms with Gasteiger partial charge in [-0.2, -0.15) is 0 Å². The van der Waals surface area contributed by atoms with Crippen molar-refractivity contribution in [2.24, 2.45) is 5.16 Å². The monoisotopic (exact) mass is 248 g/mol. The van der Waals surface area contributed by atoms with Gasteiger partial charge in [-0.15, -0.1) is 0 Å². The molecule has 3 N–H and O–H groups in total.